The van der Waals surface area contributed by atoms with Gasteiger partial charge in [0.05, 0.1) is 36.4 Å². The molecule has 1 saturated heterocycles. The Balaban J connectivity index is 1.63. The number of Topliss-reactive ketones (excluding diaryl/α,β-unsaturated/α-hetero) is 1. The minimum absolute atomic E-state index is 0.00622. The smallest absolute Gasteiger partial charge is 0.300 e. The summed E-state index contributed by atoms with van der Waals surface area (Å²) in [6.45, 7) is 0. The lowest BCUT2D eigenvalue weighted by atomic mass is 9.94. The third kappa shape index (κ3) is 4.92. The fraction of sp³-hybridized carbons (Fsp3) is 0.0968. The third-order valence-electron chi connectivity index (χ3n) is 6.48. The fourth-order valence-corrected chi connectivity index (χ4v) is 4.80. The van der Waals surface area contributed by atoms with Gasteiger partial charge in [-0.3, -0.25) is 14.5 Å². The number of methoxy groups -OCH3 is 2. The predicted octanol–water partition coefficient (Wildman–Crippen LogP) is 6.48. The number of phenolic OH excluding ortho intramolecular Hbond substituents is 1. The summed E-state index contributed by atoms with van der Waals surface area (Å²) >= 11 is 6.33. The summed E-state index contributed by atoms with van der Waals surface area (Å²) in [6.07, 6.45) is 0. The normalized spacial score (nSPS) is 16.2. The molecule has 202 valence electrons. The van der Waals surface area contributed by atoms with E-state index >= 15 is 0 Å². The number of amides is 1. The Bertz CT molecular complexity index is 1600. The minimum atomic E-state index is -1.02. The summed E-state index contributed by atoms with van der Waals surface area (Å²) in [7, 11) is 2.83. The van der Waals surface area contributed by atoms with Gasteiger partial charge in [-0.1, -0.05) is 41.9 Å². The number of phenols is 1. The highest BCUT2D eigenvalue weighted by molar-refractivity contribution is 6.51. The SMILES string of the molecule is COc1cc(OC)c(/C(O)=C2\C(=O)C(=O)N(c3ccc(Oc4ccccc4)cc3)C2c2ccc(O)cc2)cc1Cl. The van der Waals surface area contributed by atoms with Gasteiger partial charge in [-0.25, -0.2) is 0 Å². The maximum absolute atomic E-state index is 13.5. The molecule has 8 nitrogen and oxygen atoms in total. The van der Waals surface area contributed by atoms with Crippen LogP contribution in [0.25, 0.3) is 5.76 Å². The Kier molecular flexibility index (Phi) is 7.35. The summed E-state index contributed by atoms with van der Waals surface area (Å²) in [6, 6.07) is 23.8. The molecule has 4 aromatic rings. The van der Waals surface area contributed by atoms with Crippen molar-refractivity contribution in [3.05, 3.63) is 113 Å². The number of para-hydroxylation sites is 1. The molecule has 9 heteroatoms. The number of anilines is 1. The number of aliphatic hydroxyl groups is 1. The van der Waals surface area contributed by atoms with E-state index in [9.17, 15) is 19.8 Å². The van der Waals surface area contributed by atoms with Crippen molar-refractivity contribution in [3.8, 4) is 28.7 Å². The van der Waals surface area contributed by atoms with Gasteiger partial charge < -0.3 is 24.4 Å². The topological polar surface area (TPSA) is 106 Å². The third-order valence-corrected chi connectivity index (χ3v) is 6.77. The number of hydrogen-bond acceptors (Lipinski definition) is 7. The van der Waals surface area contributed by atoms with Crippen LogP contribution in [0.1, 0.15) is 17.2 Å². The maximum Gasteiger partial charge on any atom is 0.300 e. The summed E-state index contributed by atoms with van der Waals surface area (Å²) in [5, 5.41) is 21.5. The van der Waals surface area contributed by atoms with Crippen molar-refractivity contribution in [1.29, 1.82) is 0 Å². The number of aromatic hydroxyl groups is 1. The second-order valence-corrected chi connectivity index (χ2v) is 9.26. The number of aliphatic hydroxyl groups excluding tert-OH is 1. The standard InChI is InChI=1S/C31H24ClNO7/c1-38-25-17-26(39-2)24(32)16-23(25)29(35)27-28(18-8-12-20(34)13-9-18)33(31(37)30(27)36)19-10-14-22(15-11-19)40-21-6-4-3-5-7-21/h3-17,28,34-35H,1-2H3/b29-27+. The Labute approximate surface area is 235 Å². The fourth-order valence-electron chi connectivity index (χ4n) is 4.56. The molecule has 1 unspecified atom stereocenters. The molecule has 0 radical (unpaired) electrons. The van der Waals surface area contributed by atoms with Crippen LogP contribution >= 0.6 is 11.6 Å². The predicted molar refractivity (Wildman–Crippen MR) is 150 cm³/mol. The van der Waals surface area contributed by atoms with Crippen molar-refractivity contribution < 1.29 is 34.0 Å². The lowest BCUT2D eigenvalue weighted by Gasteiger charge is -2.26. The number of ether oxygens (including phenoxy) is 3. The molecule has 1 aliphatic rings. The molecule has 1 amide bonds. The van der Waals surface area contributed by atoms with Crippen molar-refractivity contribution in [3.63, 3.8) is 0 Å². The van der Waals surface area contributed by atoms with Crippen LogP contribution in [0.2, 0.25) is 5.02 Å². The highest BCUT2D eigenvalue weighted by Crippen LogP contribution is 2.45. The molecule has 1 fully saturated rings. The Morgan fingerprint density at radius 3 is 2.08 bits per heavy atom. The first kappa shape index (κ1) is 26.6. The van der Waals surface area contributed by atoms with Gasteiger partial charge in [-0.2, -0.15) is 0 Å². The van der Waals surface area contributed by atoms with Crippen molar-refractivity contribution in [1.82, 2.24) is 0 Å². The largest absolute Gasteiger partial charge is 0.508 e. The highest BCUT2D eigenvalue weighted by Gasteiger charge is 2.47. The second-order valence-electron chi connectivity index (χ2n) is 8.86. The summed E-state index contributed by atoms with van der Waals surface area (Å²) < 4.78 is 16.5. The Hall–Kier alpha value is -4.95. The first-order valence-electron chi connectivity index (χ1n) is 12.2. The minimum Gasteiger partial charge on any atom is -0.508 e. The summed E-state index contributed by atoms with van der Waals surface area (Å²) in [4.78, 5) is 28.3. The van der Waals surface area contributed by atoms with E-state index in [0.717, 1.165) is 0 Å². The van der Waals surface area contributed by atoms with E-state index < -0.39 is 23.5 Å². The molecular formula is C31H24ClNO7. The van der Waals surface area contributed by atoms with E-state index in [1.165, 1.54) is 43.4 Å². The van der Waals surface area contributed by atoms with Crippen LogP contribution in [0, 0.1) is 0 Å². The van der Waals surface area contributed by atoms with Crippen molar-refractivity contribution in [2.45, 2.75) is 6.04 Å². The zero-order valence-corrected chi connectivity index (χ0v) is 22.3. The van der Waals surface area contributed by atoms with E-state index in [1.54, 1.807) is 36.4 Å². The van der Waals surface area contributed by atoms with Gasteiger partial charge in [0.15, 0.2) is 0 Å². The van der Waals surface area contributed by atoms with Crippen LogP contribution in [0.15, 0.2) is 96.6 Å². The van der Waals surface area contributed by atoms with E-state index in [4.69, 9.17) is 25.8 Å². The lowest BCUT2D eigenvalue weighted by molar-refractivity contribution is -0.132. The zero-order chi connectivity index (χ0) is 28.4. The number of nitrogens with zero attached hydrogens (tertiary/aromatic N) is 1. The van der Waals surface area contributed by atoms with Gasteiger partial charge >= 0.3 is 0 Å². The van der Waals surface area contributed by atoms with Crippen molar-refractivity contribution in [2.75, 3.05) is 19.1 Å². The van der Waals surface area contributed by atoms with Crippen molar-refractivity contribution in [2.24, 2.45) is 0 Å². The molecule has 4 aromatic carbocycles. The van der Waals surface area contributed by atoms with E-state index in [-0.39, 0.29) is 27.7 Å². The number of halogens is 1. The average Bonchev–Trinajstić information content (AvgIpc) is 3.23. The van der Waals surface area contributed by atoms with E-state index in [0.29, 0.717) is 28.5 Å². The van der Waals surface area contributed by atoms with Crippen LogP contribution in [-0.2, 0) is 9.59 Å². The zero-order valence-electron chi connectivity index (χ0n) is 21.5. The molecule has 0 saturated carbocycles. The summed E-state index contributed by atoms with van der Waals surface area (Å²) in [5.41, 5.74) is 0.836. The number of rotatable bonds is 7. The Morgan fingerprint density at radius 1 is 0.825 bits per heavy atom. The Morgan fingerprint density at radius 2 is 1.45 bits per heavy atom. The van der Waals surface area contributed by atoms with Crippen LogP contribution in [0.4, 0.5) is 5.69 Å². The van der Waals surface area contributed by atoms with Gasteiger partial charge in [0.25, 0.3) is 11.7 Å². The molecule has 1 atom stereocenters. The van der Waals surface area contributed by atoms with Crippen LogP contribution < -0.4 is 19.1 Å². The molecular weight excluding hydrogens is 534 g/mol. The maximum atomic E-state index is 13.5. The van der Waals surface area contributed by atoms with Gasteiger partial charge in [0.2, 0.25) is 0 Å². The van der Waals surface area contributed by atoms with Gasteiger partial charge in [-0.05, 0) is 60.2 Å². The number of ketones is 1. The second kappa shape index (κ2) is 11.0. The molecule has 2 N–H and O–H groups in total. The van der Waals surface area contributed by atoms with Crippen molar-refractivity contribution >= 4 is 34.7 Å². The van der Waals surface area contributed by atoms with Gasteiger partial charge in [-0.15, -0.1) is 0 Å². The van der Waals surface area contributed by atoms with Gasteiger partial charge in [0.1, 0.15) is 34.5 Å². The molecule has 40 heavy (non-hydrogen) atoms. The molecule has 5 rings (SSSR count). The number of benzene rings is 4. The van der Waals surface area contributed by atoms with E-state index in [1.807, 2.05) is 30.3 Å². The van der Waals surface area contributed by atoms with Gasteiger partial charge in [0, 0.05) is 11.8 Å². The molecule has 1 aliphatic heterocycles. The van der Waals surface area contributed by atoms with Crippen LogP contribution in [-0.4, -0.2) is 36.1 Å². The monoisotopic (exact) mass is 557 g/mol. The summed E-state index contributed by atoms with van der Waals surface area (Å²) in [5.74, 6) is -0.516. The number of carbonyl (C=O) groups is 2. The molecule has 1 heterocycles. The van der Waals surface area contributed by atoms with Crippen LogP contribution in [0.3, 0.4) is 0 Å². The number of carbonyl (C=O) groups excluding carboxylic acids is 2. The number of hydrogen-bond donors (Lipinski definition) is 2. The molecule has 0 aliphatic carbocycles. The molecule has 0 aromatic heterocycles. The lowest BCUT2D eigenvalue weighted by Crippen LogP contribution is -2.29. The first-order valence-corrected chi connectivity index (χ1v) is 12.5. The highest BCUT2D eigenvalue weighted by atomic mass is 35.5. The quantitative estimate of drug-likeness (QED) is 0.152. The average molecular weight is 558 g/mol. The van der Waals surface area contributed by atoms with E-state index in [2.05, 4.69) is 0 Å². The first-order chi connectivity index (χ1) is 19.3. The van der Waals surface area contributed by atoms with Crippen LogP contribution in [0.5, 0.6) is 28.7 Å². The molecule has 0 bridgehead atoms. The molecule has 0 spiro atoms.